The average molecular weight is 460 g/mol. The summed E-state index contributed by atoms with van der Waals surface area (Å²) in [5.74, 6) is -0.786. The van der Waals surface area contributed by atoms with Gasteiger partial charge in [-0.05, 0) is 42.5 Å². The van der Waals surface area contributed by atoms with Crippen LogP contribution in [0.3, 0.4) is 0 Å². The van der Waals surface area contributed by atoms with Crippen molar-refractivity contribution in [2.45, 2.75) is 0 Å². The van der Waals surface area contributed by atoms with E-state index in [2.05, 4.69) is 10.6 Å². The smallest absolute Gasteiger partial charge is 0.270 e. The molecule has 0 saturated heterocycles. The number of hydrogen-bond acceptors (Lipinski definition) is 5. The van der Waals surface area contributed by atoms with Crippen molar-refractivity contribution in [1.82, 2.24) is 0 Å². The quantitative estimate of drug-likeness (QED) is 0.377. The van der Waals surface area contributed by atoms with Gasteiger partial charge in [0.25, 0.3) is 17.5 Å². The first-order chi connectivity index (χ1) is 14.8. The first kappa shape index (κ1) is 22.1. The predicted molar refractivity (Wildman–Crippen MR) is 118 cm³/mol. The van der Waals surface area contributed by atoms with E-state index in [9.17, 15) is 19.7 Å². The molecule has 3 rings (SSSR count). The Kier molecular flexibility index (Phi) is 6.74. The van der Waals surface area contributed by atoms with Crippen LogP contribution in [0.1, 0.15) is 20.7 Å². The van der Waals surface area contributed by atoms with Gasteiger partial charge in [-0.15, -0.1) is 0 Å². The van der Waals surface area contributed by atoms with E-state index in [0.717, 1.165) is 6.07 Å². The number of methoxy groups -OCH3 is 1. The lowest BCUT2D eigenvalue weighted by Gasteiger charge is -2.13. The average Bonchev–Trinajstić information content (AvgIpc) is 2.76. The topological polar surface area (TPSA) is 111 Å². The number of rotatable bonds is 6. The molecule has 0 saturated carbocycles. The normalized spacial score (nSPS) is 10.3. The van der Waals surface area contributed by atoms with Crippen molar-refractivity contribution in [3.8, 4) is 5.75 Å². The van der Waals surface area contributed by atoms with E-state index in [0.29, 0.717) is 21.5 Å². The summed E-state index contributed by atoms with van der Waals surface area (Å²) in [6, 6.07) is 14.4. The van der Waals surface area contributed by atoms with E-state index in [4.69, 9.17) is 27.9 Å². The zero-order chi connectivity index (χ0) is 22.5. The lowest BCUT2D eigenvalue weighted by Crippen LogP contribution is -2.15. The summed E-state index contributed by atoms with van der Waals surface area (Å²) in [5.41, 5.74) is 0.621. The molecule has 0 radical (unpaired) electrons. The highest BCUT2D eigenvalue weighted by Crippen LogP contribution is 2.29. The molecule has 2 amide bonds. The van der Waals surface area contributed by atoms with Crippen LogP contribution >= 0.6 is 23.2 Å². The summed E-state index contributed by atoms with van der Waals surface area (Å²) in [5, 5.41) is 16.9. The Morgan fingerprint density at radius 2 is 1.58 bits per heavy atom. The van der Waals surface area contributed by atoms with E-state index in [1.807, 2.05) is 0 Å². The molecule has 8 nitrogen and oxygen atoms in total. The number of nitro groups is 1. The molecule has 0 aliphatic carbocycles. The van der Waals surface area contributed by atoms with Gasteiger partial charge in [-0.25, -0.2) is 0 Å². The summed E-state index contributed by atoms with van der Waals surface area (Å²) in [4.78, 5) is 35.6. The fourth-order valence-electron chi connectivity index (χ4n) is 2.69. The highest BCUT2D eigenvalue weighted by Gasteiger charge is 2.16. The molecule has 0 aliphatic heterocycles. The summed E-state index contributed by atoms with van der Waals surface area (Å²) >= 11 is 12.0. The van der Waals surface area contributed by atoms with Crippen molar-refractivity contribution in [2.24, 2.45) is 0 Å². The lowest BCUT2D eigenvalue weighted by molar-refractivity contribution is -0.384. The third-order valence-corrected chi connectivity index (χ3v) is 4.77. The van der Waals surface area contributed by atoms with Crippen LogP contribution in [0.5, 0.6) is 5.75 Å². The van der Waals surface area contributed by atoms with E-state index in [1.54, 1.807) is 12.1 Å². The van der Waals surface area contributed by atoms with Crippen LogP contribution in [-0.2, 0) is 0 Å². The second kappa shape index (κ2) is 9.46. The van der Waals surface area contributed by atoms with Gasteiger partial charge in [-0.1, -0.05) is 29.3 Å². The van der Waals surface area contributed by atoms with Gasteiger partial charge in [-0.2, -0.15) is 0 Å². The fraction of sp³-hybridized carbons (Fsp3) is 0.0476. The van der Waals surface area contributed by atoms with E-state index in [1.165, 1.54) is 49.6 Å². The molecule has 0 atom stereocenters. The van der Waals surface area contributed by atoms with Crippen molar-refractivity contribution in [3.63, 3.8) is 0 Å². The standard InChI is InChI=1S/C21H15Cl2N3O5/c1-31-19-8-5-13(21(28)24-17-11-14(22)6-7-16(17)23)10-18(19)25-20(27)12-3-2-4-15(9-12)26(29)30/h2-11H,1H3,(H,24,28)(H,25,27). The highest BCUT2D eigenvalue weighted by molar-refractivity contribution is 6.35. The monoisotopic (exact) mass is 459 g/mol. The third kappa shape index (κ3) is 5.30. The van der Waals surface area contributed by atoms with E-state index >= 15 is 0 Å². The maximum Gasteiger partial charge on any atom is 0.270 e. The number of halogens is 2. The van der Waals surface area contributed by atoms with Crippen LogP contribution in [0, 0.1) is 10.1 Å². The number of non-ortho nitro benzene ring substituents is 1. The van der Waals surface area contributed by atoms with Crippen LogP contribution in [0.25, 0.3) is 0 Å². The molecular formula is C21H15Cl2N3O5. The number of amides is 2. The Morgan fingerprint density at radius 3 is 2.26 bits per heavy atom. The van der Waals surface area contributed by atoms with Crippen molar-refractivity contribution >= 4 is 52.1 Å². The van der Waals surface area contributed by atoms with Gasteiger partial charge in [0.2, 0.25) is 0 Å². The Bertz CT molecular complexity index is 1180. The Balaban J connectivity index is 1.86. The number of ether oxygens (including phenoxy) is 1. The molecule has 0 aliphatic rings. The minimum Gasteiger partial charge on any atom is -0.495 e. The van der Waals surface area contributed by atoms with Crippen LogP contribution < -0.4 is 15.4 Å². The van der Waals surface area contributed by atoms with Crippen LogP contribution in [0.4, 0.5) is 17.1 Å². The SMILES string of the molecule is COc1ccc(C(=O)Nc2cc(Cl)ccc2Cl)cc1NC(=O)c1cccc([N+](=O)[O-])c1. The molecule has 0 heterocycles. The molecule has 2 N–H and O–H groups in total. The Morgan fingerprint density at radius 1 is 0.903 bits per heavy atom. The fourth-order valence-corrected chi connectivity index (χ4v) is 3.03. The summed E-state index contributed by atoms with van der Waals surface area (Å²) < 4.78 is 5.24. The van der Waals surface area contributed by atoms with E-state index in [-0.39, 0.29) is 22.5 Å². The van der Waals surface area contributed by atoms with E-state index < -0.39 is 16.7 Å². The number of nitrogens with zero attached hydrogens (tertiary/aromatic N) is 1. The van der Waals surface area contributed by atoms with Crippen molar-refractivity contribution < 1.29 is 19.2 Å². The Labute approximate surface area is 186 Å². The molecule has 0 spiro atoms. The molecule has 10 heteroatoms. The van der Waals surface area contributed by atoms with Gasteiger partial charge in [-0.3, -0.25) is 19.7 Å². The number of benzene rings is 3. The first-order valence-corrected chi connectivity index (χ1v) is 9.54. The van der Waals surface area contributed by atoms with Crippen molar-refractivity contribution in [3.05, 3.63) is 92.0 Å². The molecule has 3 aromatic rings. The number of anilines is 2. The zero-order valence-electron chi connectivity index (χ0n) is 16.0. The molecule has 3 aromatic carbocycles. The summed E-state index contributed by atoms with van der Waals surface area (Å²) in [6.07, 6.45) is 0. The maximum atomic E-state index is 12.7. The molecule has 0 unspecified atom stereocenters. The number of hydrogen-bond donors (Lipinski definition) is 2. The number of carbonyl (C=O) groups is 2. The van der Waals surface area contributed by atoms with Crippen molar-refractivity contribution in [2.75, 3.05) is 17.7 Å². The maximum absolute atomic E-state index is 12.7. The van der Waals surface area contributed by atoms with Gasteiger partial charge >= 0.3 is 0 Å². The first-order valence-electron chi connectivity index (χ1n) is 8.78. The summed E-state index contributed by atoms with van der Waals surface area (Å²) in [7, 11) is 1.41. The largest absolute Gasteiger partial charge is 0.495 e. The molecule has 0 bridgehead atoms. The van der Waals surface area contributed by atoms with Gasteiger partial charge < -0.3 is 15.4 Å². The lowest BCUT2D eigenvalue weighted by atomic mass is 10.1. The number of carbonyl (C=O) groups excluding carboxylic acids is 2. The number of nitrogens with one attached hydrogen (secondary N) is 2. The predicted octanol–water partition coefficient (Wildman–Crippen LogP) is 5.41. The molecule has 31 heavy (non-hydrogen) atoms. The summed E-state index contributed by atoms with van der Waals surface area (Å²) in [6.45, 7) is 0. The number of nitro benzene ring substituents is 1. The third-order valence-electron chi connectivity index (χ3n) is 4.21. The second-order valence-electron chi connectivity index (χ2n) is 6.25. The van der Waals surface area contributed by atoms with Crippen LogP contribution in [0.2, 0.25) is 10.0 Å². The second-order valence-corrected chi connectivity index (χ2v) is 7.10. The Hall–Kier alpha value is -3.62. The molecule has 0 fully saturated rings. The zero-order valence-corrected chi connectivity index (χ0v) is 17.5. The van der Waals surface area contributed by atoms with Gasteiger partial charge in [0.15, 0.2) is 0 Å². The van der Waals surface area contributed by atoms with Crippen LogP contribution in [0.15, 0.2) is 60.7 Å². The van der Waals surface area contributed by atoms with Crippen molar-refractivity contribution in [1.29, 1.82) is 0 Å². The molecule has 158 valence electrons. The minimum atomic E-state index is -0.600. The minimum absolute atomic E-state index is 0.0804. The van der Waals surface area contributed by atoms with Gasteiger partial charge in [0, 0.05) is 28.3 Å². The highest BCUT2D eigenvalue weighted by atomic mass is 35.5. The molecular weight excluding hydrogens is 445 g/mol. The molecule has 0 aromatic heterocycles. The van der Waals surface area contributed by atoms with Gasteiger partial charge in [0.05, 0.1) is 28.4 Å². The van der Waals surface area contributed by atoms with Gasteiger partial charge in [0.1, 0.15) is 5.75 Å². The van der Waals surface area contributed by atoms with Crippen LogP contribution in [-0.4, -0.2) is 23.8 Å².